The Balaban J connectivity index is 2.23. The van der Waals surface area contributed by atoms with Gasteiger partial charge >= 0.3 is 0 Å². The van der Waals surface area contributed by atoms with E-state index in [0.29, 0.717) is 13.0 Å². The Labute approximate surface area is 95.9 Å². The molecular weight excluding hydrogens is 200 g/mol. The molecule has 2 rings (SSSR count). The Morgan fingerprint density at radius 3 is 2.81 bits per heavy atom. The van der Waals surface area contributed by atoms with Gasteiger partial charge in [0.1, 0.15) is 0 Å². The van der Waals surface area contributed by atoms with Gasteiger partial charge in [-0.25, -0.2) is 0 Å². The summed E-state index contributed by atoms with van der Waals surface area (Å²) in [7, 11) is 0. The van der Waals surface area contributed by atoms with Crippen LogP contribution >= 0.6 is 0 Å². The van der Waals surface area contributed by atoms with Gasteiger partial charge in [-0.3, -0.25) is 4.79 Å². The van der Waals surface area contributed by atoms with E-state index in [-0.39, 0.29) is 11.9 Å². The van der Waals surface area contributed by atoms with Crippen molar-refractivity contribution in [3.8, 4) is 0 Å². The van der Waals surface area contributed by atoms with Crippen LogP contribution in [0.5, 0.6) is 0 Å². The lowest BCUT2D eigenvalue weighted by atomic mass is 10.1. The predicted molar refractivity (Wildman–Crippen MR) is 64.1 cm³/mol. The monoisotopic (exact) mass is 216 g/mol. The summed E-state index contributed by atoms with van der Waals surface area (Å²) < 4.78 is 5.57. The third-order valence-electron chi connectivity index (χ3n) is 2.79. The van der Waals surface area contributed by atoms with Crippen molar-refractivity contribution in [1.82, 2.24) is 0 Å². The molecule has 0 saturated heterocycles. The third kappa shape index (κ3) is 2.39. The zero-order chi connectivity index (χ0) is 11.4. The fourth-order valence-corrected chi connectivity index (χ4v) is 2.02. The molecule has 1 aliphatic rings. The van der Waals surface area contributed by atoms with Gasteiger partial charge in [-0.15, -0.1) is 0 Å². The average Bonchev–Trinajstić information content (AvgIpc) is 2.64. The van der Waals surface area contributed by atoms with Gasteiger partial charge in [0.25, 0.3) is 0 Å². The Morgan fingerprint density at radius 1 is 1.38 bits per heavy atom. The number of benzene rings is 1. The highest BCUT2D eigenvalue weighted by Gasteiger charge is 2.28. The van der Waals surface area contributed by atoms with E-state index < -0.39 is 0 Å². The van der Waals surface area contributed by atoms with Crippen LogP contribution in [0.1, 0.15) is 25.3 Å². The topological polar surface area (TPSA) is 26.3 Å². The van der Waals surface area contributed by atoms with Crippen LogP contribution in [-0.4, -0.2) is 18.5 Å². The third-order valence-corrected chi connectivity index (χ3v) is 2.79. The van der Waals surface area contributed by atoms with Crippen LogP contribution in [0.4, 0.5) is 0 Å². The predicted octanol–water partition coefficient (Wildman–Crippen LogP) is 2.84. The fourth-order valence-electron chi connectivity index (χ4n) is 2.02. The number of hydrogen-bond acceptors (Lipinski definition) is 2. The van der Waals surface area contributed by atoms with E-state index in [4.69, 9.17) is 4.74 Å². The SMILES string of the molecule is CCOC1CCC(=O)C1=Cc1ccccc1. The Kier molecular flexibility index (Phi) is 3.52. The number of Topliss-reactive ketones (excluding diaryl/α,β-unsaturated/α-hetero) is 1. The van der Waals surface area contributed by atoms with E-state index in [1.807, 2.05) is 43.3 Å². The summed E-state index contributed by atoms with van der Waals surface area (Å²) in [4.78, 5) is 11.7. The minimum atomic E-state index is -0.00212. The number of hydrogen-bond donors (Lipinski definition) is 0. The molecule has 1 fully saturated rings. The fraction of sp³-hybridized carbons (Fsp3) is 0.357. The second-order valence-electron chi connectivity index (χ2n) is 3.92. The molecule has 2 nitrogen and oxygen atoms in total. The first kappa shape index (κ1) is 11.1. The van der Waals surface area contributed by atoms with Crippen molar-refractivity contribution in [3.05, 3.63) is 41.5 Å². The smallest absolute Gasteiger partial charge is 0.161 e. The van der Waals surface area contributed by atoms with Crippen molar-refractivity contribution >= 4 is 11.9 Å². The molecule has 0 N–H and O–H groups in total. The van der Waals surface area contributed by atoms with Crippen LogP contribution in [0, 0.1) is 0 Å². The van der Waals surface area contributed by atoms with Crippen LogP contribution in [-0.2, 0) is 9.53 Å². The average molecular weight is 216 g/mol. The summed E-state index contributed by atoms with van der Waals surface area (Å²) in [6.45, 7) is 2.62. The molecule has 1 aromatic rings. The summed E-state index contributed by atoms with van der Waals surface area (Å²) in [6.07, 6.45) is 3.39. The largest absolute Gasteiger partial charge is 0.374 e. The molecule has 0 aromatic heterocycles. The molecule has 0 amide bonds. The molecule has 0 radical (unpaired) electrons. The quantitative estimate of drug-likeness (QED) is 0.726. The van der Waals surface area contributed by atoms with E-state index in [0.717, 1.165) is 17.6 Å². The minimum absolute atomic E-state index is 0.00212. The standard InChI is InChI=1S/C14H16O2/c1-2-16-14-9-8-13(15)12(14)10-11-6-4-3-5-7-11/h3-7,10,14H,2,8-9H2,1H3. The molecule has 0 heterocycles. The molecule has 1 aliphatic carbocycles. The van der Waals surface area contributed by atoms with Crippen molar-refractivity contribution in [2.24, 2.45) is 0 Å². The van der Waals surface area contributed by atoms with Crippen molar-refractivity contribution in [2.45, 2.75) is 25.9 Å². The summed E-state index contributed by atoms with van der Waals surface area (Å²) in [6, 6.07) is 9.92. The number of carbonyl (C=O) groups is 1. The van der Waals surface area contributed by atoms with Crippen molar-refractivity contribution in [2.75, 3.05) is 6.61 Å². The summed E-state index contributed by atoms with van der Waals surface area (Å²) in [5.74, 6) is 0.224. The zero-order valence-corrected chi connectivity index (χ0v) is 9.48. The number of ether oxygens (including phenoxy) is 1. The molecule has 0 spiro atoms. The van der Waals surface area contributed by atoms with Crippen LogP contribution in [0.2, 0.25) is 0 Å². The zero-order valence-electron chi connectivity index (χ0n) is 9.48. The van der Waals surface area contributed by atoms with Crippen LogP contribution in [0.25, 0.3) is 6.08 Å². The minimum Gasteiger partial charge on any atom is -0.374 e. The second-order valence-corrected chi connectivity index (χ2v) is 3.92. The highest BCUT2D eigenvalue weighted by Crippen LogP contribution is 2.26. The van der Waals surface area contributed by atoms with Gasteiger partial charge in [-0.1, -0.05) is 30.3 Å². The molecule has 16 heavy (non-hydrogen) atoms. The highest BCUT2D eigenvalue weighted by molar-refractivity contribution is 6.02. The van der Waals surface area contributed by atoms with E-state index in [1.165, 1.54) is 0 Å². The summed E-state index contributed by atoms with van der Waals surface area (Å²) in [5, 5.41) is 0. The van der Waals surface area contributed by atoms with Gasteiger partial charge in [-0.2, -0.15) is 0 Å². The first-order valence-electron chi connectivity index (χ1n) is 5.72. The molecule has 0 bridgehead atoms. The summed E-state index contributed by atoms with van der Waals surface area (Å²) >= 11 is 0. The highest BCUT2D eigenvalue weighted by atomic mass is 16.5. The van der Waals surface area contributed by atoms with Crippen LogP contribution in [0.3, 0.4) is 0 Å². The van der Waals surface area contributed by atoms with Crippen molar-refractivity contribution in [1.29, 1.82) is 0 Å². The lowest BCUT2D eigenvalue weighted by Gasteiger charge is -2.10. The Bertz CT molecular complexity index is 392. The van der Waals surface area contributed by atoms with Gasteiger partial charge in [0.2, 0.25) is 0 Å². The van der Waals surface area contributed by atoms with Gasteiger partial charge in [-0.05, 0) is 25.0 Å². The maximum Gasteiger partial charge on any atom is 0.161 e. The van der Waals surface area contributed by atoms with E-state index in [1.54, 1.807) is 0 Å². The summed E-state index contributed by atoms with van der Waals surface area (Å²) in [5.41, 5.74) is 1.89. The number of ketones is 1. The lowest BCUT2D eigenvalue weighted by molar-refractivity contribution is -0.114. The molecule has 1 atom stereocenters. The van der Waals surface area contributed by atoms with Crippen molar-refractivity contribution < 1.29 is 9.53 Å². The maximum atomic E-state index is 11.7. The van der Waals surface area contributed by atoms with Gasteiger partial charge in [0.15, 0.2) is 5.78 Å². The first-order valence-corrected chi connectivity index (χ1v) is 5.72. The number of carbonyl (C=O) groups excluding carboxylic acids is 1. The van der Waals surface area contributed by atoms with Crippen LogP contribution in [0.15, 0.2) is 35.9 Å². The molecular formula is C14H16O2. The lowest BCUT2D eigenvalue weighted by Crippen LogP contribution is -2.12. The number of rotatable bonds is 3. The van der Waals surface area contributed by atoms with Gasteiger partial charge in [0.05, 0.1) is 6.10 Å². The molecule has 1 saturated carbocycles. The first-order chi connectivity index (χ1) is 7.81. The molecule has 84 valence electrons. The van der Waals surface area contributed by atoms with Gasteiger partial charge in [0, 0.05) is 18.6 Å². The second kappa shape index (κ2) is 5.08. The maximum absolute atomic E-state index is 11.7. The van der Waals surface area contributed by atoms with E-state index >= 15 is 0 Å². The molecule has 2 heteroatoms. The van der Waals surface area contributed by atoms with Crippen LogP contribution < -0.4 is 0 Å². The molecule has 1 unspecified atom stereocenters. The van der Waals surface area contributed by atoms with E-state index in [2.05, 4.69) is 0 Å². The Hall–Kier alpha value is -1.41. The van der Waals surface area contributed by atoms with E-state index in [9.17, 15) is 4.79 Å². The normalized spacial score (nSPS) is 22.9. The van der Waals surface area contributed by atoms with Crippen molar-refractivity contribution in [3.63, 3.8) is 0 Å². The van der Waals surface area contributed by atoms with Gasteiger partial charge < -0.3 is 4.74 Å². The Morgan fingerprint density at radius 2 is 2.12 bits per heavy atom. The molecule has 0 aliphatic heterocycles. The molecule has 1 aromatic carbocycles.